The molecule has 0 aliphatic carbocycles. The Balaban J connectivity index is 2.20. The number of hydrogen-bond donors (Lipinski definition) is 0. The largest absolute Gasteiger partial charge is 0.0619 e. The monoisotopic (exact) mass is 223 g/mol. The van der Waals surface area contributed by atoms with E-state index in [1.165, 1.54) is 16.7 Å². The molecule has 0 N–H and O–H groups in total. The number of rotatable bonds is 3. The zero-order valence-electron chi connectivity index (χ0n) is 10.8. The Kier molecular flexibility index (Phi) is 3.33. The lowest BCUT2D eigenvalue weighted by Gasteiger charge is -2.25. The van der Waals surface area contributed by atoms with Crippen molar-refractivity contribution in [1.29, 1.82) is 0 Å². The maximum absolute atomic E-state index is 3.34. The Morgan fingerprint density at radius 1 is 1.00 bits per heavy atom. The van der Waals surface area contributed by atoms with E-state index in [-0.39, 0.29) is 5.41 Å². The van der Waals surface area contributed by atoms with Crippen LogP contribution in [0.1, 0.15) is 30.5 Å². The molecule has 0 aliphatic rings. The lowest BCUT2D eigenvalue weighted by atomic mass is 9.79. The van der Waals surface area contributed by atoms with Crippen LogP contribution in [0.3, 0.4) is 0 Å². The molecule has 2 aromatic carbocycles. The Morgan fingerprint density at radius 2 is 1.71 bits per heavy atom. The fraction of sp³-hybridized carbons (Fsp3) is 0.294. The van der Waals surface area contributed by atoms with Crippen LogP contribution in [0.5, 0.6) is 0 Å². The summed E-state index contributed by atoms with van der Waals surface area (Å²) in [5, 5.41) is 0. The van der Waals surface area contributed by atoms with Gasteiger partial charge in [0.05, 0.1) is 0 Å². The van der Waals surface area contributed by atoms with Crippen molar-refractivity contribution >= 4 is 0 Å². The average Bonchev–Trinajstić information content (AvgIpc) is 2.33. The summed E-state index contributed by atoms with van der Waals surface area (Å²) < 4.78 is 0. The molecule has 0 fully saturated rings. The van der Waals surface area contributed by atoms with Crippen LogP contribution in [0.4, 0.5) is 0 Å². The quantitative estimate of drug-likeness (QED) is 0.727. The minimum atomic E-state index is 0.135. The molecule has 87 valence electrons. The van der Waals surface area contributed by atoms with Gasteiger partial charge in [0.1, 0.15) is 0 Å². The molecule has 0 aromatic heterocycles. The molecule has 0 bridgehead atoms. The van der Waals surface area contributed by atoms with Crippen LogP contribution in [0.2, 0.25) is 0 Å². The van der Waals surface area contributed by atoms with Gasteiger partial charge in [-0.15, -0.1) is 0 Å². The second-order valence-corrected chi connectivity index (χ2v) is 5.32. The van der Waals surface area contributed by atoms with Gasteiger partial charge in [-0.05, 0) is 36.0 Å². The number of aryl methyl sites for hydroxylation is 1. The Bertz CT molecular complexity index is 463. The summed E-state index contributed by atoms with van der Waals surface area (Å²) in [6.07, 6.45) is 1.05. The molecule has 1 radical (unpaired) electrons. The zero-order valence-corrected chi connectivity index (χ0v) is 10.8. The van der Waals surface area contributed by atoms with E-state index in [1.54, 1.807) is 0 Å². The summed E-state index contributed by atoms with van der Waals surface area (Å²) in [4.78, 5) is 0. The molecule has 0 nitrogen and oxygen atoms in total. The van der Waals surface area contributed by atoms with Crippen LogP contribution >= 0.6 is 0 Å². The molecule has 0 heteroatoms. The molecule has 0 atom stereocenters. The molecule has 0 spiro atoms. The fourth-order valence-electron chi connectivity index (χ4n) is 2.13. The lowest BCUT2D eigenvalue weighted by Crippen LogP contribution is -2.20. The number of hydrogen-bond acceptors (Lipinski definition) is 0. The van der Waals surface area contributed by atoms with Gasteiger partial charge in [0.15, 0.2) is 0 Å². The standard InChI is InChI=1S/C17H19/c1-14-9-11-15(12-10-14)13-17(2,3)16-7-5-4-6-8-16/h4-7,9-12H,13H2,1-3H3. The van der Waals surface area contributed by atoms with E-state index in [0.29, 0.717) is 0 Å². The van der Waals surface area contributed by atoms with Gasteiger partial charge in [-0.3, -0.25) is 0 Å². The fourth-order valence-corrected chi connectivity index (χ4v) is 2.13. The highest BCUT2D eigenvalue weighted by molar-refractivity contribution is 5.28. The minimum absolute atomic E-state index is 0.135. The highest BCUT2D eigenvalue weighted by Crippen LogP contribution is 2.27. The third-order valence-corrected chi connectivity index (χ3v) is 3.20. The first-order chi connectivity index (χ1) is 8.08. The van der Waals surface area contributed by atoms with Crippen LogP contribution in [-0.4, -0.2) is 0 Å². The maximum atomic E-state index is 3.34. The summed E-state index contributed by atoms with van der Waals surface area (Å²) in [6, 6.07) is 20.4. The van der Waals surface area contributed by atoms with Crippen LogP contribution in [0, 0.1) is 13.0 Å². The average molecular weight is 223 g/mol. The van der Waals surface area contributed by atoms with Gasteiger partial charge in [-0.2, -0.15) is 0 Å². The van der Waals surface area contributed by atoms with Crippen molar-refractivity contribution in [3.8, 4) is 0 Å². The van der Waals surface area contributed by atoms with Crippen molar-refractivity contribution in [2.24, 2.45) is 0 Å². The van der Waals surface area contributed by atoms with Crippen molar-refractivity contribution in [3.63, 3.8) is 0 Å². The SMILES string of the molecule is Cc1ccc(CC(C)(C)c2[c]cccc2)cc1. The Hall–Kier alpha value is -1.56. The van der Waals surface area contributed by atoms with Gasteiger partial charge in [-0.25, -0.2) is 0 Å². The molecular formula is C17H19. The van der Waals surface area contributed by atoms with Crippen molar-refractivity contribution < 1.29 is 0 Å². The minimum Gasteiger partial charge on any atom is -0.0619 e. The molecule has 0 amide bonds. The highest BCUT2D eigenvalue weighted by atomic mass is 14.2. The molecular weight excluding hydrogens is 204 g/mol. The summed E-state index contributed by atoms with van der Waals surface area (Å²) in [5.41, 5.74) is 4.12. The van der Waals surface area contributed by atoms with Gasteiger partial charge in [0, 0.05) is 0 Å². The first kappa shape index (κ1) is 11.9. The van der Waals surface area contributed by atoms with Crippen molar-refractivity contribution in [2.75, 3.05) is 0 Å². The molecule has 17 heavy (non-hydrogen) atoms. The van der Waals surface area contributed by atoms with Crippen LogP contribution < -0.4 is 0 Å². The second kappa shape index (κ2) is 4.75. The highest BCUT2D eigenvalue weighted by Gasteiger charge is 2.20. The third-order valence-electron chi connectivity index (χ3n) is 3.20. The Labute approximate surface area is 104 Å². The third kappa shape index (κ3) is 2.97. The van der Waals surface area contributed by atoms with Crippen LogP contribution in [-0.2, 0) is 11.8 Å². The van der Waals surface area contributed by atoms with E-state index in [2.05, 4.69) is 63.2 Å². The van der Waals surface area contributed by atoms with E-state index in [0.717, 1.165) is 6.42 Å². The van der Waals surface area contributed by atoms with Gasteiger partial charge < -0.3 is 0 Å². The first-order valence-electron chi connectivity index (χ1n) is 6.11. The predicted octanol–water partition coefficient (Wildman–Crippen LogP) is 4.32. The summed E-state index contributed by atoms with van der Waals surface area (Å²) in [5.74, 6) is 0. The van der Waals surface area contributed by atoms with Crippen molar-refractivity contribution in [1.82, 2.24) is 0 Å². The van der Waals surface area contributed by atoms with Gasteiger partial charge in [0.25, 0.3) is 0 Å². The van der Waals surface area contributed by atoms with E-state index >= 15 is 0 Å². The van der Waals surface area contributed by atoms with E-state index < -0.39 is 0 Å². The first-order valence-corrected chi connectivity index (χ1v) is 6.11. The molecule has 2 aromatic rings. The van der Waals surface area contributed by atoms with Crippen LogP contribution in [0.15, 0.2) is 48.5 Å². The normalized spacial score (nSPS) is 11.5. The molecule has 0 saturated carbocycles. The summed E-state index contributed by atoms with van der Waals surface area (Å²) in [7, 11) is 0. The topological polar surface area (TPSA) is 0 Å². The Morgan fingerprint density at radius 3 is 2.29 bits per heavy atom. The van der Waals surface area contributed by atoms with E-state index in [1.807, 2.05) is 12.1 Å². The summed E-state index contributed by atoms with van der Waals surface area (Å²) in [6.45, 7) is 6.68. The van der Waals surface area contributed by atoms with E-state index in [4.69, 9.17) is 0 Å². The molecule has 0 unspecified atom stereocenters. The molecule has 0 saturated heterocycles. The lowest BCUT2D eigenvalue weighted by molar-refractivity contribution is 0.521. The molecule has 2 rings (SSSR count). The maximum Gasteiger partial charge on any atom is -0.00571 e. The molecule has 0 aliphatic heterocycles. The number of benzene rings is 2. The predicted molar refractivity (Wildman–Crippen MR) is 73.2 cm³/mol. The second-order valence-electron chi connectivity index (χ2n) is 5.32. The smallest absolute Gasteiger partial charge is 0.00571 e. The van der Waals surface area contributed by atoms with Gasteiger partial charge >= 0.3 is 0 Å². The molecule has 0 heterocycles. The van der Waals surface area contributed by atoms with Crippen molar-refractivity contribution in [2.45, 2.75) is 32.6 Å². The van der Waals surface area contributed by atoms with Crippen LogP contribution in [0.25, 0.3) is 0 Å². The van der Waals surface area contributed by atoms with Gasteiger partial charge in [-0.1, -0.05) is 67.9 Å². The van der Waals surface area contributed by atoms with Gasteiger partial charge in [0.2, 0.25) is 0 Å². The zero-order chi connectivity index (χ0) is 12.3. The van der Waals surface area contributed by atoms with Crippen molar-refractivity contribution in [3.05, 3.63) is 71.3 Å². The summed E-state index contributed by atoms with van der Waals surface area (Å²) >= 11 is 0. The van der Waals surface area contributed by atoms with E-state index in [9.17, 15) is 0 Å².